The summed E-state index contributed by atoms with van der Waals surface area (Å²) < 4.78 is 11.8. The van der Waals surface area contributed by atoms with Crippen molar-refractivity contribution in [2.24, 2.45) is 0 Å². The van der Waals surface area contributed by atoms with Crippen LogP contribution in [0.1, 0.15) is 37.0 Å². The van der Waals surface area contributed by atoms with Gasteiger partial charge in [-0.05, 0) is 26.7 Å². The molecule has 104 valence electrons. The van der Waals surface area contributed by atoms with Crippen LogP contribution >= 0.6 is 11.6 Å². The van der Waals surface area contributed by atoms with Crippen molar-refractivity contribution in [1.82, 2.24) is 0 Å². The van der Waals surface area contributed by atoms with Gasteiger partial charge in [0.05, 0.1) is 5.02 Å². The van der Waals surface area contributed by atoms with Crippen LogP contribution in [0.5, 0.6) is 11.5 Å². The van der Waals surface area contributed by atoms with E-state index in [4.69, 9.17) is 26.2 Å². The Hall–Kier alpha value is -0.930. The van der Waals surface area contributed by atoms with Gasteiger partial charge in [-0.2, -0.15) is 0 Å². The second kappa shape index (κ2) is 4.88. The molecular weight excluding hydrogens is 264 g/mol. The number of halogens is 1. The summed E-state index contributed by atoms with van der Waals surface area (Å²) in [6, 6.07) is 0. The maximum absolute atomic E-state index is 9.09. The summed E-state index contributed by atoms with van der Waals surface area (Å²) in [4.78, 5) is 0. The summed E-state index contributed by atoms with van der Waals surface area (Å²) in [6.07, 6.45) is 3.61. The second-order valence-corrected chi connectivity index (χ2v) is 5.88. The fourth-order valence-electron chi connectivity index (χ4n) is 3.07. The van der Waals surface area contributed by atoms with E-state index in [9.17, 15) is 0 Å². The minimum atomic E-state index is 0.167. The summed E-state index contributed by atoms with van der Waals surface area (Å²) in [5.41, 5.74) is 3.45. The lowest BCUT2D eigenvalue weighted by molar-refractivity contribution is 0.250. The molecule has 0 radical (unpaired) electrons. The molecule has 0 aromatic heterocycles. The molecule has 4 heteroatoms. The standard InChI is InChI=1S/C15H19ClO3/c1-8-6-11-10(4-3-5-17)14-12(7-9(2)18-14)13(16)15(11)19-8/h8-9,17H,3-7H2,1-2H3. The van der Waals surface area contributed by atoms with E-state index in [0.29, 0.717) is 0 Å². The van der Waals surface area contributed by atoms with E-state index in [-0.39, 0.29) is 18.8 Å². The van der Waals surface area contributed by atoms with Gasteiger partial charge in [-0.3, -0.25) is 0 Å². The fourth-order valence-corrected chi connectivity index (χ4v) is 3.39. The van der Waals surface area contributed by atoms with Crippen LogP contribution in [-0.2, 0) is 19.3 Å². The lowest BCUT2D eigenvalue weighted by atomic mass is 9.95. The molecular formula is C15H19ClO3. The van der Waals surface area contributed by atoms with Crippen LogP contribution in [0.4, 0.5) is 0 Å². The molecule has 19 heavy (non-hydrogen) atoms. The molecule has 2 aliphatic heterocycles. The first kappa shape index (κ1) is 13.1. The second-order valence-electron chi connectivity index (χ2n) is 5.50. The SMILES string of the molecule is CC1Cc2c(CCCO)c3c(c(Cl)c2O1)CC(C)O3. The van der Waals surface area contributed by atoms with Crippen molar-refractivity contribution in [3.05, 3.63) is 21.7 Å². The Morgan fingerprint density at radius 3 is 2.42 bits per heavy atom. The van der Waals surface area contributed by atoms with Crippen LogP contribution < -0.4 is 9.47 Å². The smallest absolute Gasteiger partial charge is 0.142 e. The van der Waals surface area contributed by atoms with E-state index < -0.39 is 0 Å². The van der Waals surface area contributed by atoms with Crippen molar-refractivity contribution in [2.45, 2.75) is 51.7 Å². The number of benzene rings is 1. The molecule has 0 spiro atoms. The maximum atomic E-state index is 9.09. The number of fused-ring (bicyclic) bond motifs is 2. The normalized spacial score (nSPS) is 23.8. The van der Waals surface area contributed by atoms with E-state index in [1.165, 1.54) is 11.1 Å². The highest BCUT2D eigenvalue weighted by atomic mass is 35.5. The highest BCUT2D eigenvalue weighted by molar-refractivity contribution is 6.33. The monoisotopic (exact) mass is 282 g/mol. The summed E-state index contributed by atoms with van der Waals surface area (Å²) in [5.74, 6) is 1.79. The van der Waals surface area contributed by atoms with Gasteiger partial charge in [0.2, 0.25) is 0 Å². The van der Waals surface area contributed by atoms with Crippen molar-refractivity contribution in [3.8, 4) is 11.5 Å². The van der Waals surface area contributed by atoms with Crippen LogP contribution in [0.3, 0.4) is 0 Å². The molecule has 0 fully saturated rings. The van der Waals surface area contributed by atoms with Gasteiger partial charge in [0.1, 0.15) is 23.7 Å². The topological polar surface area (TPSA) is 38.7 Å². The first-order chi connectivity index (χ1) is 9.11. The summed E-state index contributed by atoms with van der Waals surface area (Å²) in [7, 11) is 0. The number of ether oxygens (including phenoxy) is 2. The van der Waals surface area contributed by atoms with Gasteiger partial charge in [-0.25, -0.2) is 0 Å². The quantitative estimate of drug-likeness (QED) is 0.926. The summed E-state index contributed by atoms with van der Waals surface area (Å²) >= 11 is 6.48. The fraction of sp³-hybridized carbons (Fsp3) is 0.600. The van der Waals surface area contributed by atoms with Gasteiger partial charge in [-0.15, -0.1) is 0 Å². The molecule has 0 saturated carbocycles. The number of hydrogen-bond donors (Lipinski definition) is 1. The molecule has 0 amide bonds. The number of aliphatic hydroxyl groups is 1. The van der Waals surface area contributed by atoms with Crippen LogP contribution in [0.25, 0.3) is 0 Å². The lowest BCUT2D eigenvalue weighted by Crippen LogP contribution is -2.08. The highest BCUT2D eigenvalue weighted by Gasteiger charge is 2.34. The number of rotatable bonds is 3. The zero-order valence-corrected chi connectivity index (χ0v) is 12.1. The van der Waals surface area contributed by atoms with E-state index >= 15 is 0 Å². The van der Waals surface area contributed by atoms with Gasteiger partial charge >= 0.3 is 0 Å². The summed E-state index contributed by atoms with van der Waals surface area (Å²) in [6.45, 7) is 4.31. The molecule has 1 aromatic rings. The Bertz CT molecular complexity index is 474. The van der Waals surface area contributed by atoms with Crippen LogP contribution in [0.15, 0.2) is 0 Å². The van der Waals surface area contributed by atoms with Gasteiger partial charge < -0.3 is 14.6 Å². The molecule has 2 unspecified atom stereocenters. The van der Waals surface area contributed by atoms with Gasteiger partial charge in [0.25, 0.3) is 0 Å². The molecule has 0 bridgehead atoms. The molecule has 0 aliphatic carbocycles. The first-order valence-electron chi connectivity index (χ1n) is 6.92. The average molecular weight is 283 g/mol. The van der Waals surface area contributed by atoms with Crippen molar-refractivity contribution >= 4 is 11.6 Å². The third-order valence-electron chi connectivity index (χ3n) is 3.86. The Labute approximate surface area is 118 Å². The maximum Gasteiger partial charge on any atom is 0.142 e. The van der Waals surface area contributed by atoms with E-state index in [2.05, 4.69) is 13.8 Å². The first-order valence-corrected chi connectivity index (χ1v) is 7.29. The lowest BCUT2D eigenvalue weighted by Gasteiger charge is -2.14. The Kier molecular flexibility index (Phi) is 3.35. The molecule has 2 heterocycles. The predicted molar refractivity (Wildman–Crippen MR) is 74.4 cm³/mol. The zero-order valence-electron chi connectivity index (χ0n) is 11.3. The predicted octanol–water partition coefficient (Wildman–Crippen LogP) is 2.91. The molecule has 1 N–H and O–H groups in total. The molecule has 2 atom stereocenters. The van der Waals surface area contributed by atoms with Crippen LogP contribution in [0.2, 0.25) is 5.02 Å². The van der Waals surface area contributed by atoms with Gasteiger partial charge in [-0.1, -0.05) is 11.6 Å². The van der Waals surface area contributed by atoms with Crippen molar-refractivity contribution in [2.75, 3.05) is 6.61 Å². The third kappa shape index (κ3) is 2.09. The Morgan fingerprint density at radius 1 is 1.11 bits per heavy atom. The Balaban J connectivity index is 2.12. The van der Waals surface area contributed by atoms with Crippen LogP contribution in [0, 0.1) is 0 Å². The summed E-state index contributed by atoms with van der Waals surface area (Å²) in [5, 5.41) is 9.81. The molecule has 0 saturated heterocycles. The average Bonchev–Trinajstić information content (AvgIpc) is 2.93. The Morgan fingerprint density at radius 2 is 1.74 bits per heavy atom. The highest BCUT2D eigenvalue weighted by Crippen LogP contribution is 2.49. The largest absolute Gasteiger partial charge is 0.490 e. The minimum Gasteiger partial charge on any atom is -0.490 e. The number of aliphatic hydroxyl groups excluding tert-OH is 1. The minimum absolute atomic E-state index is 0.167. The third-order valence-corrected chi connectivity index (χ3v) is 4.26. The molecule has 2 aliphatic rings. The van der Waals surface area contributed by atoms with E-state index in [0.717, 1.165) is 47.8 Å². The van der Waals surface area contributed by atoms with Crippen LogP contribution in [-0.4, -0.2) is 23.9 Å². The van der Waals surface area contributed by atoms with Gasteiger partial charge in [0.15, 0.2) is 0 Å². The molecule has 3 rings (SSSR count). The van der Waals surface area contributed by atoms with Crippen molar-refractivity contribution in [3.63, 3.8) is 0 Å². The molecule has 1 aromatic carbocycles. The van der Waals surface area contributed by atoms with Gasteiger partial charge in [0, 0.05) is 36.1 Å². The van der Waals surface area contributed by atoms with Crippen molar-refractivity contribution in [1.29, 1.82) is 0 Å². The number of hydrogen-bond acceptors (Lipinski definition) is 3. The molecule has 3 nitrogen and oxygen atoms in total. The zero-order chi connectivity index (χ0) is 13.6. The van der Waals surface area contributed by atoms with Crippen molar-refractivity contribution < 1.29 is 14.6 Å². The van der Waals surface area contributed by atoms with E-state index in [1.807, 2.05) is 0 Å². The van der Waals surface area contributed by atoms with E-state index in [1.54, 1.807) is 0 Å².